The highest BCUT2D eigenvalue weighted by atomic mass is 31.3. The number of anilines is 1. The van der Waals surface area contributed by atoms with Gasteiger partial charge in [0.2, 0.25) is 0 Å². The predicted molar refractivity (Wildman–Crippen MR) is 148 cm³/mol. The molecule has 0 aromatic carbocycles. The number of hydrogen-bond acceptors (Lipinski definition) is 18. The van der Waals surface area contributed by atoms with Crippen LogP contribution in [0.25, 0.3) is 11.2 Å². The van der Waals surface area contributed by atoms with Gasteiger partial charge in [-0.2, -0.15) is 4.57 Å². The van der Waals surface area contributed by atoms with Gasteiger partial charge in [0, 0.05) is 6.07 Å². The molecule has 0 radical (unpaired) electrons. The van der Waals surface area contributed by atoms with Crippen molar-refractivity contribution in [3.05, 3.63) is 42.7 Å². The van der Waals surface area contributed by atoms with Crippen LogP contribution >= 0.6 is 23.5 Å². The monoisotopic (exact) mass is 743 g/mol. The molecule has 0 bridgehead atoms. The fourth-order valence-corrected chi connectivity index (χ4v) is 7.53. The first kappa shape index (κ1) is 36.4. The van der Waals surface area contributed by atoms with Crippen LogP contribution in [0.3, 0.4) is 0 Å². The summed E-state index contributed by atoms with van der Waals surface area (Å²) in [7, 11) is -16.6. The Labute approximate surface area is 267 Å². The minimum absolute atomic E-state index is 0.0133. The minimum Gasteiger partial charge on any atom is -0.756 e. The summed E-state index contributed by atoms with van der Waals surface area (Å²) in [6, 6.07) is 2.77. The Morgan fingerprint density at radius 2 is 1.69 bits per heavy atom. The number of fused-ring (bicyclic) bond motifs is 1. The summed E-state index contributed by atoms with van der Waals surface area (Å²) in [5.74, 6) is -0.878. The van der Waals surface area contributed by atoms with E-state index in [-0.39, 0.29) is 22.5 Å². The molecular formula is C21H28N7O17P3. The first-order chi connectivity index (χ1) is 22.4. The van der Waals surface area contributed by atoms with Crippen molar-refractivity contribution in [1.29, 1.82) is 0 Å². The summed E-state index contributed by atoms with van der Waals surface area (Å²) in [6.45, 7) is -2.08. The third kappa shape index (κ3) is 8.12. The number of hydrogen-bond donors (Lipinski definition) is 8. The zero-order valence-electron chi connectivity index (χ0n) is 23.9. The number of aromatic nitrogens is 5. The van der Waals surface area contributed by atoms with E-state index < -0.39 is 91.7 Å². The maximum atomic E-state index is 13.3. The molecule has 5 heterocycles. The molecule has 0 aliphatic carbocycles. The Kier molecular flexibility index (Phi) is 10.5. The van der Waals surface area contributed by atoms with Gasteiger partial charge in [0.05, 0.1) is 19.5 Å². The van der Waals surface area contributed by atoms with Crippen molar-refractivity contribution in [2.24, 2.45) is 5.73 Å². The van der Waals surface area contributed by atoms with E-state index in [9.17, 15) is 53.4 Å². The Balaban J connectivity index is 1.32. The fraction of sp³-hybridized carbons (Fsp3) is 0.476. The molecule has 5 rings (SSSR count). The van der Waals surface area contributed by atoms with Crippen molar-refractivity contribution in [3.63, 3.8) is 0 Å². The molecule has 27 heteroatoms. The van der Waals surface area contributed by atoms with Gasteiger partial charge in [0.25, 0.3) is 20.0 Å². The number of carbonyl (C=O) groups excluding carboxylic acids is 1. The maximum Gasteiger partial charge on any atom is 0.481 e. The van der Waals surface area contributed by atoms with Crippen molar-refractivity contribution < 1.29 is 85.3 Å². The van der Waals surface area contributed by atoms with Crippen LogP contribution in [0, 0.1) is 0 Å². The Morgan fingerprint density at radius 1 is 1.02 bits per heavy atom. The molecular weight excluding hydrogens is 715 g/mol. The van der Waals surface area contributed by atoms with Crippen LogP contribution in [-0.4, -0.2) is 105 Å². The van der Waals surface area contributed by atoms with Crippen LogP contribution in [0.1, 0.15) is 22.8 Å². The lowest BCUT2D eigenvalue weighted by atomic mass is 10.1. The van der Waals surface area contributed by atoms with E-state index in [1.54, 1.807) is 0 Å². The van der Waals surface area contributed by atoms with Gasteiger partial charge in [-0.05, 0) is 6.07 Å². The summed E-state index contributed by atoms with van der Waals surface area (Å²) >= 11 is 0. The molecule has 10 N–H and O–H groups in total. The average molecular weight is 743 g/mol. The van der Waals surface area contributed by atoms with Gasteiger partial charge in [-0.25, -0.2) is 28.4 Å². The SMILES string of the molecule is NC(=O)c1ccc[n+](C2OC(COP(=O)(OCC3OC(n4cnc5c(N)ncnc54)C(OP(=O)(O)O)C3O)OP(=O)([O-])O)C(O)C2O)c1. The lowest BCUT2D eigenvalue weighted by Crippen LogP contribution is -2.46. The molecule has 0 saturated carbocycles. The highest BCUT2D eigenvalue weighted by molar-refractivity contribution is 7.60. The average Bonchev–Trinajstić information content (AvgIpc) is 3.64. The van der Waals surface area contributed by atoms with Gasteiger partial charge < -0.3 is 55.8 Å². The molecule has 48 heavy (non-hydrogen) atoms. The maximum absolute atomic E-state index is 13.3. The van der Waals surface area contributed by atoms with Crippen molar-refractivity contribution >= 4 is 46.4 Å². The van der Waals surface area contributed by atoms with Crippen molar-refractivity contribution in [1.82, 2.24) is 19.5 Å². The molecule has 10 unspecified atom stereocenters. The zero-order chi connectivity index (χ0) is 35.2. The number of carbonyl (C=O) groups is 1. The molecule has 2 saturated heterocycles. The molecule has 2 aliphatic heterocycles. The molecule has 3 aromatic heterocycles. The zero-order valence-corrected chi connectivity index (χ0v) is 26.6. The van der Waals surface area contributed by atoms with E-state index in [1.165, 1.54) is 29.1 Å². The fourth-order valence-electron chi connectivity index (χ4n) is 4.86. The number of ether oxygens (including phenoxy) is 2. The number of phosphoric acid groups is 3. The molecule has 264 valence electrons. The number of nitrogen functional groups attached to an aromatic ring is 1. The molecule has 3 aromatic rings. The van der Waals surface area contributed by atoms with Gasteiger partial charge in [0.15, 0.2) is 36.2 Å². The van der Waals surface area contributed by atoms with Crippen molar-refractivity contribution in [3.8, 4) is 0 Å². The molecule has 1 amide bonds. The lowest BCUT2D eigenvalue weighted by molar-refractivity contribution is -0.765. The van der Waals surface area contributed by atoms with Gasteiger partial charge in [0.1, 0.15) is 47.9 Å². The number of pyridine rings is 1. The summed E-state index contributed by atoms with van der Waals surface area (Å²) in [6.07, 6.45) is -8.76. The molecule has 10 atom stereocenters. The second-order valence-corrected chi connectivity index (χ2v) is 14.4. The van der Waals surface area contributed by atoms with E-state index in [1.807, 2.05) is 0 Å². The van der Waals surface area contributed by atoms with Crippen LogP contribution in [0.2, 0.25) is 0 Å². The van der Waals surface area contributed by atoms with Gasteiger partial charge in [-0.3, -0.25) is 27.5 Å². The second-order valence-electron chi connectivity index (χ2n) is 10.2. The van der Waals surface area contributed by atoms with E-state index in [2.05, 4.69) is 19.3 Å². The smallest absolute Gasteiger partial charge is 0.481 e. The van der Waals surface area contributed by atoms with E-state index >= 15 is 0 Å². The highest BCUT2D eigenvalue weighted by Gasteiger charge is 2.52. The summed E-state index contributed by atoms with van der Waals surface area (Å²) in [4.78, 5) is 63.0. The quantitative estimate of drug-likeness (QED) is 0.0621. The van der Waals surface area contributed by atoms with Crippen LogP contribution < -0.4 is 20.9 Å². The van der Waals surface area contributed by atoms with Gasteiger partial charge >= 0.3 is 15.6 Å². The second kappa shape index (κ2) is 13.8. The van der Waals surface area contributed by atoms with Crippen LogP contribution in [0.15, 0.2) is 37.2 Å². The Bertz CT molecular complexity index is 1800. The Hall–Kier alpha value is -2.86. The number of aliphatic hydroxyl groups is 3. The number of phosphoric ester groups is 2. The summed E-state index contributed by atoms with van der Waals surface area (Å²) in [5, 5.41) is 31.9. The van der Waals surface area contributed by atoms with Crippen molar-refractivity contribution in [2.45, 2.75) is 49.1 Å². The van der Waals surface area contributed by atoms with Gasteiger partial charge in [-0.1, -0.05) is 0 Å². The van der Waals surface area contributed by atoms with E-state index in [0.29, 0.717) is 0 Å². The van der Waals surface area contributed by atoms with Crippen molar-refractivity contribution in [2.75, 3.05) is 18.9 Å². The van der Waals surface area contributed by atoms with Crippen LogP contribution in [-0.2, 0) is 41.1 Å². The van der Waals surface area contributed by atoms with E-state index in [0.717, 1.165) is 17.2 Å². The Morgan fingerprint density at radius 3 is 2.31 bits per heavy atom. The standard InChI is InChI=1S/C21H28N7O17P3/c22-17-12-19(25-7-24-17)28(8-26-12)21-16(44-46(33,34)35)14(30)11(43-21)6-41-48(39,45-47(36,37)38)40-5-10-13(29)15(31)20(42-10)27-3-1-2-9(4-27)18(23)32/h1-4,7-8,10-11,13-16,20-21,29-31H,5-6H2,(H7-,22,23,24,25,32,33,34,35,36,37,38). The largest absolute Gasteiger partial charge is 0.756 e. The lowest BCUT2D eigenvalue weighted by Gasteiger charge is -2.25. The summed E-state index contributed by atoms with van der Waals surface area (Å²) < 4.78 is 69.0. The van der Waals surface area contributed by atoms with Crippen LogP contribution in [0.4, 0.5) is 5.82 Å². The first-order valence-corrected chi connectivity index (χ1v) is 17.8. The molecule has 2 aliphatic rings. The number of primary amides is 1. The number of nitrogens with zero attached hydrogens (tertiary/aromatic N) is 5. The van der Waals surface area contributed by atoms with Gasteiger partial charge in [-0.15, -0.1) is 0 Å². The third-order valence-electron chi connectivity index (χ3n) is 6.97. The molecule has 24 nitrogen and oxygen atoms in total. The van der Waals surface area contributed by atoms with Crippen LogP contribution in [0.5, 0.6) is 0 Å². The predicted octanol–water partition coefficient (Wildman–Crippen LogP) is -3.53. The molecule has 2 fully saturated rings. The third-order valence-corrected chi connectivity index (χ3v) is 10.0. The highest BCUT2D eigenvalue weighted by Crippen LogP contribution is 2.60. The number of imidazole rings is 1. The topological polar surface area (TPSA) is 368 Å². The number of aliphatic hydroxyl groups excluding tert-OH is 3. The number of nitrogens with two attached hydrogens (primary N) is 2. The minimum atomic E-state index is -5.88. The normalized spacial score (nSPS) is 30.3. The summed E-state index contributed by atoms with van der Waals surface area (Å²) in [5.41, 5.74) is 11.1. The number of amides is 1. The molecule has 0 spiro atoms. The first-order valence-electron chi connectivity index (χ1n) is 13.3. The van der Waals surface area contributed by atoms with E-state index in [4.69, 9.17) is 34.5 Å². The number of rotatable bonds is 13.